The van der Waals surface area contributed by atoms with Crippen LogP contribution < -0.4 is 15.0 Å². The van der Waals surface area contributed by atoms with E-state index >= 15 is 0 Å². The highest BCUT2D eigenvalue weighted by molar-refractivity contribution is 7.10. The third kappa shape index (κ3) is 4.02. The Labute approximate surface area is 151 Å². The molecule has 0 spiro atoms. The number of fused-ring (bicyclic) bond motifs is 1. The smallest absolute Gasteiger partial charge is 0.240 e. The average molecular weight is 358 g/mol. The minimum atomic E-state index is -0.169. The van der Waals surface area contributed by atoms with Crippen molar-refractivity contribution in [1.82, 2.24) is 5.32 Å². The fraction of sp³-hybridized carbons (Fsp3) is 0.368. The zero-order valence-electron chi connectivity index (χ0n) is 14.4. The molecule has 0 fully saturated rings. The SMILES string of the molecule is CC(C)[C@H](NC(=O)CN1C(=O)CCOc2ccccc21)c1cccs1. The van der Waals surface area contributed by atoms with Crippen molar-refractivity contribution in [3.63, 3.8) is 0 Å². The first-order valence-electron chi connectivity index (χ1n) is 8.41. The van der Waals surface area contributed by atoms with E-state index < -0.39 is 0 Å². The Hall–Kier alpha value is -2.34. The fourth-order valence-electron chi connectivity index (χ4n) is 2.89. The summed E-state index contributed by atoms with van der Waals surface area (Å²) in [5.74, 6) is 0.632. The first kappa shape index (κ1) is 17.5. The molecule has 1 N–H and O–H groups in total. The summed E-state index contributed by atoms with van der Waals surface area (Å²) in [6.07, 6.45) is 0.264. The Morgan fingerprint density at radius 1 is 1.28 bits per heavy atom. The van der Waals surface area contributed by atoms with Gasteiger partial charge in [-0.2, -0.15) is 0 Å². The first-order chi connectivity index (χ1) is 12.1. The normalized spacial score (nSPS) is 15.3. The number of para-hydroxylation sites is 2. The van der Waals surface area contributed by atoms with Crippen molar-refractivity contribution < 1.29 is 14.3 Å². The molecule has 6 heteroatoms. The maximum absolute atomic E-state index is 12.6. The van der Waals surface area contributed by atoms with Gasteiger partial charge in [0.15, 0.2) is 0 Å². The number of hydrogen-bond donors (Lipinski definition) is 1. The fourth-order valence-corrected chi connectivity index (χ4v) is 3.84. The molecule has 1 aromatic carbocycles. The van der Waals surface area contributed by atoms with Gasteiger partial charge in [-0.05, 0) is 29.5 Å². The number of carbonyl (C=O) groups is 2. The number of nitrogens with one attached hydrogen (secondary N) is 1. The molecule has 1 aliphatic rings. The second kappa shape index (κ2) is 7.70. The van der Waals surface area contributed by atoms with Crippen LogP contribution in [0, 0.1) is 5.92 Å². The van der Waals surface area contributed by atoms with Crippen molar-refractivity contribution in [2.45, 2.75) is 26.3 Å². The Balaban J connectivity index is 1.76. The van der Waals surface area contributed by atoms with E-state index in [0.717, 1.165) is 4.88 Å². The highest BCUT2D eigenvalue weighted by Crippen LogP contribution is 2.31. The Morgan fingerprint density at radius 2 is 2.08 bits per heavy atom. The molecule has 2 aromatic rings. The van der Waals surface area contributed by atoms with Gasteiger partial charge in [-0.15, -0.1) is 11.3 Å². The minimum Gasteiger partial charge on any atom is -0.491 e. The van der Waals surface area contributed by atoms with Crippen LogP contribution in [0.25, 0.3) is 0 Å². The summed E-state index contributed by atoms with van der Waals surface area (Å²) < 4.78 is 5.62. The van der Waals surface area contributed by atoms with Gasteiger partial charge in [0.2, 0.25) is 11.8 Å². The molecule has 5 nitrogen and oxygen atoms in total. The average Bonchev–Trinajstić information content (AvgIpc) is 3.07. The molecular formula is C19H22N2O3S. The number of ether oxygens (including phenoxy) is 1. The van der Waals surface area contributed by atoms with E-state index in [-0.39, 0.29) is 36.7 Å². The lowest BCUT2D eigenvalue weighted by Crippen LogP contribution is -2.42. The summed E-state index contributed by atoms with van der Waals surface area (Å²) in [5, 5.41) is 5.08. The Bertz CT molecular complexity index is 743. The van der Waals surface area contributed by atoms with Gasteiger partial charge in [0.05, 0.1) is 24.8 Å². The lowest BCUT2D eigenvalue weighted by molar-refractivity contribution is -0.124. The van der Waals surface area contributed by atoms with Crippen molar-refractivity contribution in [3.05, 3.63) is 46.7 Å². The van der Waals surface area contributed by atoms with Gasteiger partial charge >= 0.3 is 0 Å². The van der Waals surface area contributed by atoms with Crippen LogP contribution in [0.2, 0.25) is 0 Å². The van der Waals surface area contributed by atoms with E-state index in [2.05, 4.69) is 19.2 Å². The van der Waals surface area contributed by atoms with Crippen LogP contribution in [-0.4, -0.2) is 25.0 Å². The van der Waals surface area contributed by atoms with Crippen LogP contribution in [-0.2, 0) is 9.59 Å². The predicted molar refractivity (Wildman–Crippen MR) is 98.9 cm³/mol. The van der Waals surface area contributed by atoms with Crippen molar-refractivity contribution in [1.29, 1.82) is 0 Å². The quantitative estimate of drug-likeness (QED) is 0.891. The minimum absolute atomic E-state index is 0.00615. The van der Waals surface area contributed by atoms with E-state index in [1.54, 1.807) is 11.3 Å². The van der Waals surface area contributed by atoms with Crippen LogP contribution in [0.15, 0.2) is 41.8 Å². The first-order valence-corrected chi connectivity index (χ1v) is 9.29. The van der Waals surface area contributed by atoms with Gasteiger partial charge < -0.3 is 10.1 Å². The number of benzene rings is 1. The summed E-state index contributed by atoms with van der Waals surface area (Å²) >= 11 is 1.62. The number of hydrogen-bond acceptors (Lipinski definition) is 4. The maximum Gasteiger partial charge on any atom is 0.240 e. The van der Waals surface area contributed by atoms with Gasteiger partial charge in [-0.1, -0.05) is 32.0 Å². The van der Waals surface area contributed by atoms with Crippen molar-refractivity contribution in [3.8, 4) is 5.75 Å². The maximum atomic E-state index is 12.6. The molecule has 0 aliphatic carbocycles. The molecule has 1 aromatic heterocycles. The molecule has 0 bridgehead atoms. The zero-order valence-corrected chi connectivity index (χ0v) is 15.2. The Morgan fingerprint density at radius 3 is 2.80 bits per heavy atom. The second-order valence-electron chi connectivity index (χ2n) is 6.35. The second-order valence-corrected chi connectivity index (χ2v) is 7.33. The highest BCUT2D eigenvalue weighted by atomic mass is 32.1. The highest BCUT2D eigenvalue weighted by Gasteiger charge is 2.27. The summed E-state index contributed by atoms with van der Waals surface area (Å²) in [7, 11) is 0. The molecule has 3 rings (SSSR count). The van der Waals surface area contributed by atoms with Gasteiger partial charge in [-0.25, -0.2) is 0 Å². The molecule has 1 atom stereocenters. The van der Waals surface area contributed by atoms with Gasteiger partial charge in [0.25, 0.3) is 0 Å². The molecule has 0 radical (unpaired) electrons. The number of carbonyl (C=O) groups excluding carboxylic acids is 2. The van der Waals surface area contributed by atoms with Gasteiger partial charge in [-0.3, -0.25) is 14.5 Å². The van der Waals surface area contributed by atoms with E-state index in [9.17, 15) is 9.59 Å². The standard InChI is InChI=1S/C19H22N2O3S/c1-13(2)19(16-8-5-11-25-16)20-17(22)12-21-14-6-3-4-7-15(14)24-10-9-18(21)23/h3-8,11,13,19H,9-10,12H2,1-2H3,(H,20,22)/t19-/m0/s1. The summed E-state index contributed by atoms with van der Waals surface area (Å²) in [6.45, 7) is 4.47. The lowest BCUT2D eigenvalue weighted by atomic mass is 10.0. The summed E-state index contributed by atoms with van der Waals surface area (Å²) in [5.41, 5.74) is 0.650. The van der Waals surface area contributed by atoms with Crippen LogP contribution in [0.5, 0.6) is 5.75 Å². The molecule has 1 aliphatic heterocycles. The number of nitrogens with zero attached hydrogens (tertiary/aromatic N) is 1. The molecule has 0 saturated carbocycles. The molecule has 132 valence electrons. The van der Waals surface area contributed by atoms with Crippen molar-refractivity contribution in [2.24, 2.45) is 5.92 Å². The van der Waals surface area contributed by atoms with Crippen LogP contribution >= 0.6 is 11.3 Å². The Kier molecular flexibility index (Phi) is 5.38. The molecule has 0 unspecified atom stereocenters. The largest absolute Gasteiger partial charge is 0.491 e. The third-order valence-corrected chi connectivity index (χ3v) is 5.12. The van der Waals surface area contributed by atoms with E-state index in [4.69, 9.17) is 4.74 Å². The van der Waals surface area contributed by atoms with Crippen LogP contribution in [0.3, 0.4) is 0 Å². The molecule has 0 saturated heterocycles. The van der Waals surface area contributed by atoms with E-state index in [1.807, 2.05) is 41.8 Å². The van der Waals surface area contributed by atoms with Crippen molar-refractivity contribution in [2.75, 3.05) is 18.1 Å². The number of thiophene rings is 1. The van der Waals surface area contributed by atoms with Crippen molar-refractivity contribution >= 4 is 28.8 Å². The zero-order chi connectivity index (χ0) is 17.8. The van der Waals surface area contributed by atoms with Crippen LogP contribution in [0.4, 0.5) is 5.69 Å². The van der Waals surface area contributed by atoms with E-state index in [0.29, 0.717) is 18.0 Å². The number of anilines is 1. The van der Waals surface area contributed by atoms with Gasteiger partial charge in [0, 0.05) is 4.88 Å². The van der Waals surface area contributed by atoms with Gasteiger partial charge in [0.1, 0.15) is 12.3 Å². The summed E-state index contributed by atoms with van der Waals surface area (Å²) in [6, 6.07) is 11.3. The summed E-state index contributed by atoms with van der Waals surface area (Å²) in [4.78, 5) is 27.7. The van der Waals surface area contributed by atoms with Crippen LogP contribution in [0.1, 0.15) is 31.2 Å². The topological polar surface area (TPSA) is 58.6 Å². The number of rotatable bonds is 5. The number of amides is 2. The lowest BCUT2D eigenvalue weighted by Gasteiger charge is -2.25. The predicted octanol–water partition coefficient (Wildman–Crippen LogP) is 3.38. The molecular weight excluding hydrogens is 336 g/mol. The molecule has 25 heavy (non-hydrogen) atoms. The molecule has 2 amide bonds. The molecule has 2 heterocycles. The monoisotopic (exact) mass is 358 g/mol. The third-order valence-electron chi connectivity index (χ3n) is 4.17. The van der Waals surface area contributed by atoms with E-state index in [1.165, 1.54) is 4.90 Å².